The molecule has 0 aromatic heterocycles. The van der Waals surface area contributed by atoms with Gasteiger partial charge in [-0.25, -0.2) is 0 Å². The Morgan fingerprint density at radius 2 is 0.881 bits per heavy atom. The van der Waals surface area contributed by atoms with Crippen molar-refractivity contribution in [2.45, 2.75) is 77.0 Å². The SMILES string of the molecule is C.CC[P+](c1ccccc1)(c1ccccc1)C1CCCC1.[CH3-].[CH3-].[Fe+2].c1ccc(P(c2ccccc2)C2CCCC2)cc1. The minimum Gasteiger partial charge on any atom is -0.358 e. The summed E-state index contributed by atoms with van der Waals surface area (Å²) in [5, 5.41) is 6.32. The third kappa shape index (κ3) is 8.90. The molecule has 2 aliphatic carbocycles. The van der Waals surface area contributed by atoms with Crippen molar-refractivity contribution >= 4 is 36.4 Å². The standard InChI is InChI=1S/C19H24P.C17H19P.CH4.2CH3.Fe/c1-2-20(19-15-9-10-16-19,17-11-5-3-6-12-17)18-13-7-4-8-14-18;1-3-9-15(10-4-1)18(17-13-7-8-14-17)16-11-5-2-6-12-16;;;;/h3-8,11-14,19H,2,9-10,15-16H2,1H3;1-6,9-12,17H,7-8,13-14H2;1H4;2*1H3;/q+1;;;2*-1;+2. The quantitative estimate of drug-likeness (QED) is 0.107. The molecule has 4 aromatic rings. The predicted molar refractivity (Wildman–Crippen MR) is 193 cm³/mol. The number of benzene rings is 4. The second-order valence-corrected chi connectivity index (χ2v) is 17.4. The van der Waals surface area contributed by atoms with Gasteiger partial charge in [0.2, 0.25) is 0 Å². The van der Waals surface area contributed by atoms with E-state index in [0.29, 0.717) is 0 Å². The van der Waals surface area contributed by atoms with Crippen LogP contribution in [0.25, 0.3) is 0 Å². The van der Waals surface area contributed by atoms with Crippen molar-refractivity contribution in [1.82, 2.24) is 0 Å². The molecule has 0 N–H and O–H groups in total. The normalized spacial score (nSPS) is 14.8. The Labute approximate surface area is 271 Å². The van der Waals surface area contributed by atoms with Gasteiger partial charge < -0.3 is 14.9 Å². The van der Waals surface area contributed by atoms with E-state index in [1.165, 1.54) is 57.5 Å². The van der Waals surface area contributed by atoms with Crippen LogP contribution in [0, 0.1) is 14.9 Å². The van der Waals surface area contributed by atoms with Gasteiger partial charge in [0.25, 0.3) is 0 Å². The zero-order valence-electron chi connectivity index (χ0n) is 25.3. The topological polar surface area (TPSA) is 0 Å². The molecular weight excluding hydrogens is 586 g/mol. The van der Waals surface area contributed by atoms with Crippen LogP contribution in [0.5, 0.6) is 0 Å². The van der Waals surface area contributed by atoms with Crippen molar-refractivity contribution in [2.24, 2.45) is 0 Å². The maximum atomic E-state index is 2.41. The molecule has 0 radical (unpaired) electrons. The van der Waals surface area contributed by atoms with Crippen molar-refractivity contribution < 1.29 is 17.1 Å². The zero-order chi connectivity index (χ0) is 26.0. The third-order valence-corrected chi connectivity index (χ3v) is 16.8. The van der Waals surface area contributed by atoms with Crippen LogP contribution in [0.3, 0.4) is 0 Å². The van der Waals surface area contributed by atoms with Gasteiger partial charge in [-0.2, -0.15) is 0 Å². The Morgan fingerprint density at radius 1 is 0.548 bits per heavy atom. The second kappa shape index (κ2) is 19.5. The molecule has 0 spiro atoms. The fourth-order valence-corrected chi connectivity index (χ4v) is 14.9. The molecule has 2 fully saturated rings. The first-order valence-corrected chi connectivity index (χ1v) is 18.2. The summed E-state index contributed by atoms with van der Waals surface area (Å²) >= 11 is 0. The van der Waals surface area contributed by atoms with E-state index in [1.54, 1.807) is 21.2 Å². The molecule has 3 heteroatoms. The summed E-state index contributed by atoms with van der Waals surface area (Å²) in [6.45, 7) is 2.41. The molecule has 0 amide bonds. The van der Waals surface area contributed by atoms with Crippen LogP contribution >= 0.6 is 15.2 Å². The first kappa shape index (κ1) is 38.3. The molecule has 0 nitrogen and oxygen atoms in total. The Hall–Kier alpha value is -1.74. The number of hydrogen-bond donors (Lipinski definition) is 0. The van der Waals surface area contributed by atoms with Gasteiger partial charge in [0.05, 0.1) is 29.7 Å². The fourth-order valence-electron chi connectivity index (χ4n) is 6.84. The van der Waals surface area contributed by atoms with E-state index < -0.39 is 7.26 Å². The summed E-state index contributed by atoms with van der Waals surface area (Å²) in [6, 6.07) is 44.9. The second-order valence-electron chi connectivity index (χ2n) is 10.8. The van der Waals surface area contributed by atoms with Gasteiger partial charge in [0.1, 0.15) is 0 Å². The summed E-state index contributed by atoms with van der Waals surface area (Å²) in [5.41, 5.74) is 1.79. The monoisotopic (exact) mass is 639 g/mol. The molecule has 0 atom stereocenters. The summed E-state index contributed by atoms with van der Waals surface area (Å²) in [5.74, 6) is 0. The smallest absolute Gasteiger partial charge is 0.358 e. The van der Waals surface area contributed by atoms with Crippen LogP contribution in [-0.2, 0) is 17.1 Å². The van der Waals surface area contributed by atoms with Gasteiger partial charge in [-0.1, -0.05) is 117 Å². The van der Waals surface area contributed by atoms with E-state index in [4.69, 9.17) is 0 Å². The van der Waals surface area contributed by atoms with Crippen molar-refractivity contribution in [3.63, 3.8) is 0 Å². The molecular formula is C39H53FeP2+. The molecule has 0 aliphatic heterocycles. The van der Waals surface area contributed by atoms with Gasteiger partial charge in [0, 0.05) is 0 Å². The minimum absolute atomic E-state index is 0. The van der Waals surface area contributed by atoms with Gasteiger partial charge >= 0.3 is 17.1 Å². The molecule has 2 saturated carbocycles. The van der Waals surface area contributed by atoms with Gasteiger partial charge in [-0.05, 0) is 93.9 Å². The molecule has 0 bridgehead atoms. The molecule has 0 unspecified atom stereocenters. The van der Waals surface area contributed by atoms with Crippen LogP contribution in [0.4, 0.5) is 0 Å². The molecule has 0 heterocycles. The van der Waals surface area contributed by atoms with E-state index in [1.807, 2.05) is 0 Å². The maximum absolute atomic E-state index is 2.41. The van der Waals surface area contributed by atoms with E-state index in [2.05, 4.69) is 128 Å². The molecule has 0 saturated heterocycles. The number of rotatable bonds is 7. The van der Waals surface area contributed by atoms with Crippen LogP contribution in [0.2, 0.25) is 0 Å². The van der Waals surface area contributed by atoms with Crippen LogP contribution in [-0.4, -0.2) is 17.5 Å². The number of hydrogen-bond acceptors (Lipinski definition) is 0. The van der Waals surface area contributed by atoms with E-state index in [9.17, 15) is 0 Å². The zero-order valence-corrected chi connectivity index (χ0v) is 28.2. The minimum atomic E-state index is -1.23. The van der Waals surface area contributed by atoms with Crippen molar-refractivity contribution in [3.05, 3.63) is 136 Å². The summed E-state index contributed by atoms with van der Waals surface area (Å²) in [4.78, 5) is 0. The van der Waals surface area contributed by atoms with Crippen molar-refractivity contribution in [1.29, 1.82) is 0 Å². The third-order valence-electron chi connectivity index (χ3n) is 8.64. The van der Waals surface area contributed by atoms with Crippen molar-refractivity contribution in [2.75, 3.05) is 6.16 Å². The Balaban J connectivity index is 0.000000385. The van der Waals surface area contributed by atoms with Crippen molar-refractivity contribution in [3.8, 4) is 0 Å². The largest absolute Gasteiger partial charge is 2.00 e. The Bertz CT molecular complexity index is 1120. The Morgan fingerprint density at radius 3 is 1.24 bits per heavy atom. The fraction of sp³-hybridized carbons (Fsp3) is 0.333. The average Bonchev–Trinajstić information content (AvgIpc) is 3.73. The van der Waals surface area contributed by atoms with Crippen LogP contribution in [0.15, 0.2) is 121 Å². The first-order valence-electron chi connectivity index (χ1n) is 14.7. The molecule has 6 rings (SSSR count). The molecule has 42 heavy (non-hydrogen) atoms. The van der Waals surface area contributed by atoms with Gasteiger partial charge in [-0.15, -0.1) is 0 Å². The molecule has 226 valence electrons. The average molecular weight is 640 g/mol. The van der Waals surface area contributed by atoms with Gasteiger partial charge in [-0.3, -0.25) is 0 Å². The summed E-state index contributed by atoms with van der Waals surface area (Å²) in [6.07, 6.45) is 12.7. The molecule has 2 aliphatic rings. The molecule has 4 aromatic carbocycles. The Kier molecular flexibility index (Phi) is 17.8. The summed E-state index contributed by atoms with van der Waals surface area (Å²) in [7, 11) is -1.38. The van der Waals surface area contributed by atoms with E-state index in [-0.39, 0.29) is 47.3 Å². The van der Waals surface area contributed by atoms with Crippen LogP contribution in [0.1, 0.15) is 65.7 Å². The van der Waals surface area contributed by atoms with E-state index >= 15 is 0 Å². The first-order chi connectivity index (χ1) is 18.8. The van der Waals surface area contributed by atoms with E-state index in [0.717, 1.165) is 11.3 Å². The van der Waals surface area contributed by atoms with Gasteiger partial charge in [0.15, 0.2) is 0 Å². The maximum Gasteiger partial charge on any atom is 2.00 e. The predicted octanol–water partition coefficient (Wildman–Crippen LogP) is 10.2. The van der Waals surface area contributed by atoms with Crippen LogP contribution < -0.4 is 21.2 Å². The summed E-state index contributed by atoms with van der Waals surface area (Å²) < 4.78 is 0.